The third-order valence-corrected chi connectivity index (χ3v) is 3.48. The lowest BCUT2D eigenvalue weighted by Crippen LogP contribution is -2.01. The van der Waals surface area contributed by atoms with Gasteiger partial charge in [0.25, 0.3) is 0 Å². The standard InChI is InChI=1S/C17H15BrO5/c1-11-15(17(20)21-2)9-14(23-11)10-22-16(19)7-6-12-4-3-5-13(18)8-12/h3-9H,10H2,1-2H3/b7-6+. The van der Waals surface area contributed by atoms with Crippen molar-refractivity contribution in [1.82, 2.24) is 0 Å². The van der Waals surface area contributed by atoms with Crippen molar-refractivity contribution in [3.8, 4) is 0 Å². The Bertz CT molecular complexity index is 745. The number of benzene rings is 1. The molecule has 0 atom stereocenters. The van der Waals surface area contributed by atoms with Crippen molar-refractivity contribution in [2.75, 3.05) is 7.11 Å². The Labute approximate surface area is 142 Å². The van der Waals surface area contributed by atoms with Crippen molar-refractivity contribution in [1.29, 1.82) is 0 Å². The Morgan fingerprint density at radius 3 is 2.78 bits per heavy atom. The van der Waals surface area contributed by atoms with E-state index in [9.17, 15) is 9.59 Å². The van der Waals surface area contributed by atoms with E-state index in [4.69, 9.17) is 9.15 Å². The second-order valence-electron chi connectivity index (χ2n) is 4.67. The summed E-state index contributed by atoms with van der Waals surface area (Å²) in [5.74, 6) is -0.184. The minimum Gasteiger partial charge on any atom is -0.465 e. The van der Waals surface area contributed by atoms with Gasteiger partial charge < -0.3 is 13.9 Å². The summed E-state index contributed by atoms with van der Waals surface area (Å²) in [6.07, 6.45) is 2.99. The maximum atomic E-state index is 11.7. The third kappa shape index (κ3) is 4.82. The Kier molecular flexibility index (Phi) is 5.76. The van der Waals surface area contributed by atoms with Crippen LogP contribution in [0.15, 0.2) is 45.3 Å². The van der Waals surface area contributed by atoms with Gasteiger partial charge in [-0.1, -0.05) is 28.1 Å². The smallest absolute Gasteiger partial charge is 0.341 e. The molecule has 1 heterocycles. The van der Waals surface area contributed by atoms with Crippen LogP contribution in [0, 0.1) is 6.92 Å². The fraction of sp³-hybridized carbons (Fsp3) is 0.176. The molecule has 1 aromatic carbocycles. The summed E-state index contributed by atoms with van der Waals surface area (Å²) >= 11 is 3.36. The number of carbonyl (C=O) groups excluding carboxylic acids is 2. The first-order valence-electron chi connectivity index (χ1n) is 6.77. The molecule has 5 nitrogen and oxygen atoms in total. The molecule has 0 aliphatic rings. The number of rotatable bonds is 5. The SMILES string of the molecule is COC(=O)c1cc(COC(=O)/C=C/c2cccc(Br)c2)oc1C. The Morgan fingerprint density at radius 1 is 1.30 bits per heavy atom. The highest BCUT2D eigenvalue weighted by molar-refractivity contribution is 9.10. The largest absolute Gasteiger partial charge is 0.465 e. The molecule has 120 valence electrons. The zero-order chi connectivity index (χ0) is 16.8. The number of furan rings is 1. The van der Waals surface area contributed by atoms with Gasteiger partial charge in [0.15, 0.2) is 0 Å². The van der Waals surface area contributed by atoms with E-state index >= 15 is 0 Å². The van der Waals surface area contributed by atoms with E-state index in [1.54, 1.807) is 13.0 Å². The predicted octanol–water partition coefficient (Wildman–Crippen LogP) is 3.89. The second kappa shape index (κ2) is 7.78. The first-order valence-corrected chi connectivity index (χ1v) is 7.57. The monoisotopic (exact) mass is 378 g/mol. The van der Waals surface area contributed by atoms with E-state index in [0.29, 0.717) is 17.1 Å². The number of carbonyl (C=O) groups is 2. The third-order valence-electron chi connectivity index (χ3n) is 2.99. The average molecular weight is 379 g/mol. The van der Waals surface area contributed by atoms with Crippen LogP contribution < -0.4 is 0 Å². The molecule has 0 aliphatic carbocycles. The number of hydrogen-bond donors (Lipinski definition) is 0. The highest BCUT2D eigenvalue weighted by atomic mass is 79.9. The Hall–Kier alpha value is -2.34. The summed E-state index contributed by atoms with van der Waals surface area (Å²) in [6, 6.07) is 9.02. The van der Waals surface area contributed by atoms with Gasteiger partial charge in [-0.05, 0) is 36.8 Å². The molecule has 2 rings (SSSR count). The lowest BCUT2D eigenvalue weighted by molar-refractivity contribution is -0.139. The molecule has 0 N–H and O–H groups in total. The van der Waals surface area contributed by atoms with Gasteiger partial charge in [0.05, 0.1) is 7.11 Å². The topological polar surface area (TPSA) is 65.7 Å². The summed E-state index contributed by atoms with van der Waals surface area (Å²) in [6.45, 7) is 1.59. The maximum absolute atomic E-state index is 11.7. The van der Waals surface area contributed by atoms with Gasteiger partial charge in [-0.3, -0.25) is 0 Å². The van der Waals surface area contributed by atoms with Crippen molar-refractivity contribution in [2.45, 2.75) is 13.5 Å². The molecular weight excluding hydrogens is 364 g/mol. The minimum atomic E-state index is -0.501. The van der Waals surface area contributed by atoms with Gasteiger partial charge in [0.1, 0.15) is 23.7 Å². The molecule has 0 saturated carbocycles. The zero-order valence-corrected chi connectivity index (χ0v) is 14.3. The van der Waals surface area contributed by atoms with Crippen LogP contribution >= 0.6 is 15.9 Å². The van der Waals surface area contributed by atoms with Crippen molar-refractivity contribution in [3.63, 3.8) is 0 Å². The quantitative estimate of drug-likeness (QED) is 0.583. The van der Waals surface area contributed by atoms with Crippen molar-refractivity contribution < 1.29 is 23.5 Å². The van der Waals surface area contributed by atoms with Crippen LogP contribution in [-0.2, 0) is 20.9 Å². The summed E-state index contributed by atoms with van der Waals surface area (Å²) in [5, 5.41) is 0. The molecule has 23 heavy (non-hydrogen) atoms. The maximum Gasteiger partial charge on any atom is 0.341 e. The molecule has 0 saturated heterocycles. The lowest BCUT2D eigenvalue weighted by atomic mass is 10.2. The molecule has 0 bridgehead atoms. The fourth-order valence-electron chi connectivity index (χ4n) is 1.89. The van der Waals surface area contributed by atoms with Crippen LogP contribution in [0.25, 0.3) is 6.08 Å². The minimum absolute atomic E-state index is 0.0561. The number of esters is 2. The Morgan fingerprint density at radius 2 is 2.09 bits per heavy atom. The van der Waals surface area contributed by atoms with Gasteiger partial charge in [0, 0.05) is 10.5 Å². The molecule has 0 amide bonds. The van der Waals surface area contributed by atoms with Gasteiger partial charge >= 0.3 is 11.9 Å². The second-order valence-corrected chi connectivity index (χ2v) is 5.59. The van der Waals surface area contributed by atoms with Crippen LogP contribution in [0.2, 0.25) is 0 Å². The van der Waals surface area contributed by atoms with E-state index < -0.39 is 11.9 Å². The number of methoxy groups -OCH3 is 1. The molecule has 0 spiro atoms. The van der Waals surface area contributed by atoms with Crippen molar-refractivity contribution in [3.05, 3.63) is 63.5 Å². The van der Waals surface area contributed by atoms with Crippen LogP contribution in [0.4, 0.5) is 0 Å². The normalized spacial score (nSPS) is 10.7. The first kappa shape index (κ1) is 17.0. The zero-order valence-electron chi connectivity index (χ0n) is 12.7. The van der Waals surface area contributed by atoms with Gasteiger partial charge in [-0.2, -0.15) is 0 Å². The molecular formula is C17H15BrO5. The molecule has 1 aromatic heterocycles. The van der Waals surface area contributed by atoms with E-state index in [-0.39, 0.29) is 6.61 Å². The molecule has 0 unspecified atom stereocenters. The van der Waals surface area contributed by atoms with Gasteiger partial charge in [-0.15, -0.1) is 0 Å². The number of halogens is 1. The molecule has 0 fully saturated rings. The highest BCUT2D eigenvalue weighted by Crippen LogP contribution is 2.17. The van der Waals surface area contributed by atoms with Gasteiger partial charge in [0.2, 0.25) is 0 Å². The summed E-state index contributed by atoms with van der Waals surface area (Å²) in [7, 11) is 1.29. The summed E-state index contributed by atoms with van der Waals surface area (Å²) < 4.78 is 16.0. The van der Waals surface area contributed by atoms with E-state index in [0.717, 1.165) is 10.0 Å². The average Bonchev–Trinajstić information content (AvgIpc) is 2.91. The molecule has 0 radical (unpaired) electrons. The van der Waals surface area contributed by atoms with E-state index in [2.05, 4.69) is 20.7 Å². The van der Waals surface area contributed by atoms with Gasteiger partial charge in [-0.25, -0.2) is 9.59 Å². The summed E-state index contributed by atoms with van der Waals surface area (Å²) in [5.41, 5.74) is 1.20. The van der Waals surface area contributed by atoms with Crippen molar-refractivity contribution in [2.24, 2.45) is 0 Å². The molecule has 2 aromatic rings. The van der Waals surface area contributed by atoms with Crippen molar-refractivity contribution >= 4 is 33.9 Å². The fourth-order valence-corrected chi connectivity index (χ4v) is 2.31. The highest BCUT2D eigenvalue weighted by Gasteiger charge is 2.15. The van der Waals surface area contributed by atoms with Crippen LogP contribution in [0.5, 0.6) is 0 Å². The van der Waals surface area contributed by atoms with Crippen LogP contribution in [0.3, 0.4) is 0 Å². The van der Waals surface area contributed by atoms with E-state index in [1.807, 2.05) is 24.3 Å². The summed E-state index contributed by atoms with van der Waals surface area (Å²) in [4.78, 5) is 23.2. The first-order chi connectivity index (χ1) is 11.0. The number of aryl methyl sites for hydroxylation is 1. The lowest BCUT2D eigenvalue weighted by Gasteiger charge is -1.98. The number of hydrogen-bond acceptors (Lipinski definition) is 5. The number of ether oxygens (including phenoxy) is 2. The Balaban J connectivity index is 1.93. The molecule has 6 heteroatoms. The molecule has 0 aliphatic heterocycles. The predicted molar refractivity (Wildman–Crippen MR) is 87.8 cm³/mol. The van der Waals surface area contributed by atoms with Crippen LogP contribution in [0.1, 0.15) is 27.4 Å². The van der Waals surface area contributed by atoms with Crippen LogP contribution in [-0.4, -0.2) is 19.0 Å². The van der Waals surface area contributed by atoms with E-state index in [1.165, 1.54) is 19.3 Å².